The van der Waals surface area contributed by atoms with Gasteiger partial charge in [-0.25, -0.2) is 0 Å². The molecule has 1 rings (SSSR count). The standard InChI is InChI=1S/C20H35N/c1-3-5-6-7-8-9-10-11-12-15-18(4-2)19-16-13-14-17-20(19)21/h13-14,16-18H,3-12,15,21H2,1-2H3. The zero-order valence-electron chi connectivity index (χ0n) is 14.2. The van der Waals surface area contributed by atoms with E-state index >= 15 is 0 Å². The Balaban J connectivity index is 2.12. The Kier molecular flexibility index (Phi) is 10.0. The second-order valence-electron chi connectivity index (χ2n) is 6.35. The van der Waals surface area contributed by atoms with Gasteiger partial charge in [0.25, 0.3) is 0 Å². The lowest BCUT2D eigenvalue weighted by atomic mass is 9.89. The molecule has 21 heavy (non-hydrogen) atoms. The van der Waals surface area contributed by atoms with Gasteiger partial charge in [-0.05, 0) is 30.4 Å². The number of hydrogen-bond acceptors (Lipinski definition) is 1. The lowest BCUT2D eigenvalue weighted by Gasteiger charge is -2.17. The monoisotopic (exact) mass is 289 g/mol. The highest BCUT2D eigenvalue weighted by molar-refractivity contribution is 5.48. The third kappa shape index (κ3) is 7.55. The molecule has 1 unspecified atom stereocenters. The Bertz CT molecular complexity index is 359. The quantitative estimate of drug-likeness (QED) is 0.337. The van der Waals surface area contributed by atoms with E-state index in [4.69, 9.17) is 5.73 Å². The molecule has 0 bridgehead atoms. The molecule has 0 aliphatic carbocycles. The van der Waals surface area contributed by atoms with E-state index in [-0.39, 0.29) is 0 Å². The molecule has 0 heterocycles. The summed E-state index contributed by atoms with van der Waals surface area (Å²) in [5.41, 5.74) is 8.44. The Labute approximate surface area is 132 Å². The minimum Gasteiger partial charge on any atom is -0.398 e. The maximum atomic E-state index is 6.11. The van der Waals surface area contributed by atoms with Crippen molar-refractivity contribution < 1.29 is 0 Å². The van der Waals surface area contributed by atoms with Crippen LogP contribution in [-0.2, 0) is 0 Å². The van der Waals surface area contributed by atoms with E-state index in [0.29, 0.717) is 5.92 Å². The fourth-order valence-electron chi connectivity index (χ4n) is 3.16. The van der Waals surface area contributed by atoms with E-state index in [0.717, 1.165) is 5.69 Å². The van der Waals surface area contributed by atoms with Crippen molar-refractivity contribution in [1.82, 2.24) is 0 Å². The first-order chi connectivity index (χ1) is 10.3. The number of nitrogens with two attached hydrogens (primary N) is 1. The highest BCUT2D eigenvalue weighted by atomic mass is 14.6. The fraction of sp³-hybridized carbons (Fsp3) is 0.700. The average Bonchev–Trinajstić information content (AvgIpc) is 2.50. The van der Waals surface area contributed by atoms with Crippen molar-refractivity contribution >= 4 is 5.69 Å². The number of nitrogen functional groups attached to an aromatic ring is 1. The number of rotatable bonds is 12. The third-order valence-corrected chi connectivity index (χ3v) is 4.58. The lowest BCUT2D eigenvalue weighted by Crippen LogP contribution is -2.02. The first-order valence-electron chi connectivity index (χ1n) is 9.14. The zero-order valence-corrected chi connectivity index (χ0v) is 14.2. The number of unbranched alkanes of at least 4 members (excludes halogenated alkanes) is 8. The first kappa shape index (κ1) is 18.1. The van der Waals surface area contributed by atoms with Gasteiger partial charge in [0.05, 0.1) is 0 Å². The second kappa shape index (κ2) is 11.7. The van der Waals surface area contributed by atoms with Crippen molar-refractivity contribution in [2.45, 2.75) is 90.4 Å². The van der Waals surface area contributed by atoms with Gasteiger partial charge in [0.1, 0.15) is 0 Å². The highest BCUT2D eigenvalue weighted by Gasteiger charge is 2.11. The summed E-state index contributed by atoms with van der Waals surface area (Å²) in [5.74, 6) is 0.649. The molecular formula is C20H35N. The number of hydrogen-bond donors (Lipinski definition) is 1. The smallest absolute Gasteiger partial charge is 0.0349 e. The fourth-order valence-corrected chi connectivity index (χ4v) is 3.16. The van der Waals surface area contributed by atoms with Crippen molar-refractivity contribution in [2.24, 2.45) is 0 Å². The largest absolute Gasteiger partial charge is 0.398 e. The highest BCUT2D eigenvalue weighted by Crippen LogP contribution is 2.29. The normalized spacial score (nSPS) is 12.5. The van der Waals surface area contributed by atoms with Gasteiger partial charge in [-0.1, -0.05) is 89.8 Å². The number of anilines is 1. The molecular weight excluding hydrogens is 254 g/mol. The predicted octanol–water partition coefficient (Wildman–Crippen LogP) is 6.68. The van der Waals surface area contributed by atoms with Gasteiger partial charge in [0, 0.05) is 5.69 Å². The summed E-state index contributed by atoms with van der Waals surface area (Å²) in [5, 5.41) is 0. The lowest BCUT2D eigenvalue weighted by molar-refractivity contribution is 0.520. The Morgan fingerprint density at radius 3 is 1.95 bits per heavy atom. The van der Waals surface area contributed by atoms with Crippen LogP contribution < -0.4 is 5.73 Å². The molecule has 2 N–H and O–H groups in total. The molecule has 120 valence electrons. The van der Waals surface area contributed by atoms with Crippen molar-refractivity contribution in [3.05, 3.63) is 29.8 Å². The summed E-state index contributed by atoms with van der Waals surface area (Å²) in [6.45, 7) is 4.56. The van der Waals surface area contributed by atoms with Crippen LogP contribution in [0.25, 0.3) is 0 Å². The van der Waals surface area contributed by atoms with E-state index in [9.17, 15) is 0 Å². The molecule has 1 aromatic rings. The van der Waals surface area contributed by atoms with Gasteiger partial charge in [-0.3, -0.25) is 0 Å². The molecule has 0 radical (unpaired) electrons. The average molecular weight is 290 g/mol. The number of para-hydroxylation sites is 1. The molecule has 1 heteroatoms. The van der Waals surface area contributed by atoms with Crippen molar-refractivity contribution in [3.63, 3.8) is 0 Å². The van der Waals surface area contributed by atoms with E-state index in [1.807, 2.05) is 12.1 Å². The molecule has 1 atom stereocenters. The Morgan fingerprint density at radius 1 is 0.810 bits per heavy atom. The molecule has 0 amide bonds. The van der Waals surface area contributed by atoms with Crippen LogP contribution >= 0.6 is 0 Å². The van der Waals surface area contributed by atoms with Crippen molar-refractivity contribution in [1.29, 1.82) is 0 Å². The summed E-state index contributed by atoms with van der Waals surface area (Å²) in [6, 6.07) is 8.39. The maximum Gasteiger partial charge on any atom is 0.0349 e. The molecule has 0 spiro atoms. The van der Waals surface area contributed by atoms with E-state index in [2.05, 4.69) is 26.0 Å². The molecule has 0 aliphatic rings. The minimum atomic E-state index is 0.649. The van der Waals surface area contributed by atoms with Gasteiger partial charge in [-0.15, -0.1) is 0 Å². The van der Waals surface area contributed by atoms with Gasteiger partial charge < -0.3 is 5.73 Å². The van der Waals surface area contributed by atoms with Crippen molar-refractivity contribution in [3.8, 4) is 0 Å². The first-order valence-corrected chi connectivity index (χ1v) is 9.14. The molecule has 0 fully saturated rings. The van der Waals surface area contributed by atoms with Crippen LogP contribution in [0.5, 0.6) is 0 Å². The second-order valence-corrected chi connectivity index (χ2v) is 6.35. The third-order valence-electron chi connectivity index (χ3n) is 4.58. The van der Waals surface area contributed by atoms with Crippen LogP contribution in [0.3, 0.4) is 0 Å². The van der Waals surface area contributed by atoms with Crippen LogP contribution in [0.15, 0.2) is 24.3 Å². The summed E-state index contributed by atoms with van der Waals surface area (Å²) in [4.78, 5) is 0. The Morgan fingerprint density at radius 2 is 1.38 bits per heavy atom. The van der Waals surface area contributed by atoms with Crippen LogP contribution in [0, 0.1) is 0 Å². The molecule has 1 aromatic carbocycles. The van der Waals surface area contributed by atoms with E-state index in [1.165, 1.54) is 76.2 Å². The summed E-state index contributed by atoms with van der Waals surface area (Å²) >= 11 is 0. The zero-order chi connectivity index (χ0) is 15.3. The molecule has 1 nitrogen and oxygen atoms in total. The molecule has 0 saturated heterocycles. The minimum absolute atomic E-state index is 0.649. The summed E-state index contributed by atoms with van der Waals surface area (Å²) < 4.78 is 0. The number of benzene rings is 1. The molecule has 0 aromatic heterocycles. The SMILES string of the molecule is CCCCCCCCCCCC(CC)c1ccccc1N. The van der Waals surface area contributed by atoms with Gasteiger partial charge in [0.2, 0.25) is 0 Å². The summed E-state index contributed by atoms with van der Waals surface area (Å²) in [7, 11) is 0. The van der Waals surface area contributed by atoms with Gasteiger partial charge in [-0.2, -0.15) is 0 Å². The van der Waals surface area contributed by atoms with Crippen molar-refractivity contribution in [2.75, 3.05) is 5.73 Å². The van der Waals surface area contributed by atoms with Crippen LogP contribution in [0.2, 0.25) is 0 Å². The van der Waals surface area contributed by atoms with E-state index < -0.39 is 0 Å². The van der Waals surface area contributed by atoms with Crippen LogP contribution in [0.1, 0.15) is 96.0 Å². The molecule has 0 aliphatic heterocycles. The predicted molar refractivity (Wildman–Crippen MR) is 95.7 cm³/mol. The van der Waals surface area contributed by atoms with Gasteiger partial charge >= 0.3 is 0 Å². The van der Waals surface area contributed by atoms with Gasteiger partial charge in [0.15, 0.2) is 0 Å². The van der Waals surface area contributed by atoms with Crippen LogP contribution in [0.4, 0.5) is 5.69 Å². The maximum absolute atomic E-state index is 6.11. The molecule has 0 saturated carbocycles. The summed E-state index contributed by atoms with van der Waals surface area (Å²) in [6.07, 6.45) is 15.1. The van der Waals surface area contributed by atoms with Crippen LogP contribution in [-0.4, -0.2) is 0 Å². The van der Waals surface area contributed by atoms with E-state index in [1.54, 1.807) is 0 Å². The Hall–Kier alpha value is -0.980. The topological polar surface area (TPSA) is 26.0 Å².